The minimum atomic E-state index is 1.20. The lowest BCUT2D eigenvalue weighted by molar-refractivity contribution is -0.888. The van der Waals surface area contributed by atoms with E-state index in [-0.39, 0.29) is 0 Å². The Kier molecular flexibility index (Phi) is 9.73. The topological polar surface area (TPSA) is 0 Å². The molecule has 15 heavy (non-hydrogen) atoms. The van der Waals surface area contributed by atoms with Crippen molar-refractivity contribution < 1.29 is 4.48 Å². The Balaban J connectivity index is 3.32. The van der Waals surface area contributed by atoms with Crippen molar-refractivity contribution in [1.29, 1.82) is 0 Å². The summed E-state index contributed by atoms with van der Waals surface area (Å²) in [6, 6.07) is 0. The third kappa shape index (κ3) is 10.6. The Bertz CT molecular complexity index is 134. The molecule has 0 aliphatic carbocycles. The fourth-order valence-electron chi connectivity index (χ4n) is 1.77. The lowest BCUT2D eigenvalue weighted by atomic mass is 10.1. The normalized spacial score (nSPS) is 12.0. The van der Waals surface area contributed by atoms with Gasteiger partial charge in [0.2, 0.25) is 0 Å². The molecule has 0 saturated heterocycles. The van der Waals surface area contributed by atoms with Gasteiger partial charge in [0.25, 0.3) is 0 Å². The van der Waals surface area contributed by atoms with E-state index in [1.807, 2.05) is 11.8 Å². The first-order valence-electron chi connectivity index (χ1n) is 6.43. The first kappa shape index (κ1) is 15.3. The molecular weight excluding hydrogens is 202 g/mol. The van der Waals surface area contributed by atoms with Crippen LogP contribution in [0.3, 0.4) is 0 Å². The van der Waals surface area contributed by atoms with E-state index >= 15 is 0 Å². The van der Waals surface area contributed by atoms with Crippen molar-refractivity contribution in [3.05, 3.63) is 0 Å². The van der Waals surface area contributed by atoms with Crippen LogP contribution in [-0.4, -0.2) is 43.7 Å². The fourth-order valence-corrected chi connectivity index (χ4v) is 2.45. The lowest BCUT2D eigenvalue weighted by Crippen LogP contribution is -2.42. The molecule has 0 bridgehead atoms. The fraction of sp³-hybridized carbons (Fsp3) is 1.00. The summed E-state index contributed by atoms with van der Waals surface area (Å²) in [5.41, 5.74) is 0. The largest absolute Gasteiger partial charge is 0.328 e. The van der Waals surface area contributed by atoms with Crippen molar-refractivity contribution in [3.8, 4) is 0 Å². The van der Waals surface area contributed by atoms with Gasteiger partial charge in [-0.1, -0.05) is 32.6 Å². The molecule has 0 rings (SSSR count). The van der Waals surface area contributed by atoms with Gasteiger partial charge >= 0.3 is 0 Å². The van der Waals surface area contributed by atoms with Crippen LogP contribution < -0.4 is 0 Å². The monoisotopic (exact) mass is 232 g/mol. The SMILES string of the molecule is CCCCCCCC[N+](C)(C)CCSC. The molecule has 0 N–H and O–H groups in total. The first-order valence-corrected chi connectivity index (χ1v) is 7.82. The highest BCUT2D eigenvalue weighted by molar-refractivity contribution is 7.98. The molecule has 0 fully saturated rings. The molecule has 0 atom stereocenters. The van der Waals surface area contributed by atoms with Gasteiger partial charge in [-0.3, -0.25) is 0 Å². The molecule has 0 aromatic heterocycles. The van der Waals surface area contributed by atoms with Crippen LogP contribution in [0.4, 0.5) is 0 Å². The number of rotatable bonds is 10. The van der Waals surface area contributed by atoms with Gasteiger partial charge in [0.1, 0.15) is 0 Å². The van der Waals surface area contributed by atoms with Gasteiger partial charge < -0.3 is 4.48 Å². The smallest absolute Gasteiger partial charge is 0.0874 e. The molecule has 92 valence electrons. The Hall–Kier alpha value is 0.310. The van der Waals surface area contributed by atoms with Crippen LogP contribution in [0, 0.1) is 0 Å². The van der Waals surface area contributed by atoms with Crippen LogP contribution in [0.25, 0.3) is 0 Å². The molecule has 0 spiro atoms. The van der Waals surface area contributed by atoms with Gasteiger partial charge in [-0.05, 0) is 19.1 Å². The summed E-state index contributed by atoms with van der Waals surface area (Å²) in [6.07, 6.45) is 10.7. The second kappa shape index (κ2) is 9.53. The van der Waals surface area contributed by atoms with E-state index in [9.17, 15) is 0 Å². The van der Waals surface area contributed by atoms with E-state index in [4.69, 9.17) is 0 Å². The van der Waals surface area contributed by atoms with Crippen LogP contribution in [0.5, 0.6) is 0 Å². The second-order valence-electron chi connectivity index (χ2n) is 5.14. The van der Waals surface area contributed by atoms with Crippen molar-refractivity contribution in [2.75, 3.05) is 39.2 Å². The third-order valence-electron chi connectivity index (χ3n) is 3.02. The lowest BCUT2D eigenvalue weighted by Gasteiger charge is -2.29. The number of nitrogens with zero attached hydrogens (tertiary/aromatic N) is 1. The summed E-state index contributed by atoms with van der Waals surface area (Å²) in [5.74, 6) is 1.29. The zero-order valence-corrected chi connectivity index (χ0v) is 12.0. The highest BCUT2D eigenvalue weighted by Crippen LogP contribution is 2.08. The number of hydrogen-bond acceptors (Lipinski definition) is 1. The Labute approximate surface area is 101 Å². The highest BCUT2D eigenvalue weighted by Gasteiger charge is 2.12. The summed E-state index contributed by atoms with van der Waals surface area (Å²) in [5, 5.41) is 0. The number of hydrogen-bond donors (Lipinski definition) is 0. The maximum atomic E-state index is 2.36. The maximum absolute atomic E-state index is 2.36. The minimum Gasteiger partial charge on any atom is -0.328 e. The maximum Gasteiger partial charge on any atom is 0.0874 e. The summed E-state index contributed by atoms with van der Waals surface area (Å²) in [4.78, 5) is 0. The zero-order valence-electron chi connectivity index (χ0n) is 11.2. The quantitative estimate of drug-likeness (QED) is 0.408. The van der Waals surface area contributed by atoms with Crippen LogP contribution in [0.15, 0.2) is 0 Å². The van der Waals surface area contributed by atoms with Gasteiger partial charge in [-0.15, -0.1) is 0 Å². The summed E-state index contributed by atoms with van der Waals surface area (Å²) in [7, 11) is 4.73. The molecule has 0 saturated carbocycles. The molecule has 0 aliphatic heterocycles. The Morgan fingerprint density at radius 2 is 1.47 bits per heavy atom. The van der Waals surface area contributed by atoms with Crippen LogP contribution in [0.2, 0.25) is 0 Å². The van der Waals surface area contributed by atoms with Crippen molar-refractivity contribution in [2.24, 2.45) is 0 Å². The third-order valence-corrected chi connectivity index (χ3v) is 3.61. The predicted octanol–water partition coefficient (Wildman–Crippen LogP) is 3.79. The molecule has 0 amide bonds. The summed E-state index contributed by atoms with van der Waals surface area (Å²) in [6.45, 7) is 4.95. The van der Waals surface area contributed by atoms with Crippen molar-refractivity contribution in [2.45, 2.75) is 45.4 Å². The second-order valence-corrected chi connectivity index (χ2v) is 6.13. The highest BCUT2D eigenvalue weighted by atomic mass is 32.2. The standard InChI is InChI=1S/C13H30NS/c1-5-6-7-8-9-10-11-14(2,3)12-13-15-4/h5-13H2,1-4H3/q+1. The average Bonchev–Trinajstić information content (AvgIpc) is 2.20. The van der Waals surface area contributed by atoms with E-state index in [2.05, 4.69) is 27.3 Å². The molecule has 0 radical (unpaired) electrons. The van der Waals surface area contributed by atoms with Gasteiger partial charge in [0.05, 0.1) is 27.2 Å². The zero-order chi connectivity index (χ0) is 11.6. The van der Waals surface area contributed by atoms with Gasteiger partial charge in [0, 0.05) is 5.75 Å². The van der Waals surface area contributed by atoms with Gasteiger partial charge in [-0.2, -0.15) is 11.8 Å². The molecule has 2 heteroatoms. The van der Waals surface area contributed by atoms with E-state index in [0.29, 0.717) is 0 Å². The molecule has 0 aliphatic rings. The van der Waals surface area contributed by atoms with Gasteiger partial charge in [-0.25, -0.2) is 0 Å². The van der Waals surface area contributed by atoms with E-state index in [0.717, 1.165) is 0 Å². The summed E-state index contributed by atoms with van der Waals surface area (Å²) < 4.78 is 1.20. The number of unbranched alkanes of at least 4 members (excludes halogenated alkanes) is 5. The predicted molar refractivity (Wildman–Crippen MR) is 73.6 cm³/mol. The molecular formula is C13H30NS+. The molecule has 0 heterocycles. The average molecular weight is 232 g/mol. The number of thioether (sulfide) groups is 1. The molecule has 0 unspecified atom stereocenters. The van der Waals surface area contributed by atoms with Crippen LogP contribution in [-0.2, 0) is 0 Å². The molecule has 0 aromatic carbocycles. The number of quaternary nitrogens is 1. The van der Waals surface area contributed by atoms with Crippen molar-refractivity contribution >= 4 is 11.8 Å². The van der Waals surface area contributed by atoms with Crippen LogP contribution in [0.1, 0.15) is 45.4 Å². The molecule has 1 nitrogen and oxygen atoms in total. The van der Waals surface area contributed by atoms with Gasteiger partial charge in [0.15, 0.2) is 0 Å². The summed E-state index contributed by atoms with van der Waals surface area (Å²) >= 11 is 1.96. The van der Waals surface area contributed by atoms with Crippen molar-refractivity contribution in [3.63, 3.8) is 0 Å². The van der Waals surface area contributed by atoms with E-state index in [1.54, 1.807) is 0 Å². The first-order chi connectivity index (χ1) is 7.12. The van der Waals surface area contributed by atoms with Crippen molar-refractivity contribution in [1.82, 2.24) is 0 Å². The molecule has 0 aromatic rings. The van der Waals surface area contributed by atoms with E-state index < -0.39 is 0 Å². The minimum absolute atomic E-state index is 1.20. The van der Waals surface area contributed by atoms with Crippen LogP contribution >= 0.6 is 11.8 Å². The Morgan fingerprint density at radius 1 is 0.867 bits per heavy atom. The van der Waals surface area contributed by atoms with E-state index in [1.165, 1.54) is 61.9 Å². The Morgan fingerprint density at radius 3 is 2.07 bits per heavy atom.